The number of allylic oxidation sites excluding steroid dienone is 1. The van der Waals surface area contributed by atoms with Crippen LogP contribution in [0.2, 0.25) is 0 Å². The lowest BCUT2D eigenvalue weighted by Gasteiger charge is -2.35. The fourth-order valence-electron chi connectivity index (χ4n) is 5.34. The van der Waals surface area contributed by atoms with Crippen molar-refractivity contribution < 1.29 is 19.7 Å². The number of phenolic OH excluding ortho intramolecular Hbond substituents is 1. The molecule has 6 heteroatoms. The normalized spacial score (nSPS) is 17.3. The van der Waals surface area contributed by atoms with E-state index < -0.39 is 6.10 Å². The Morgan fingerprint density at radius 2 is 1.94 bits per heavy atom. The van der Waals surface area contributed by atoms with E-state index in [1.54, 1.807) is 30.6 Å². The monoisotopic (exact) mass is 503 g/mol. The molecule has 0 radical (unpaired) electrons. The van der Waals surface area contributed by atoms with Gasteiger partial charge in [-0.3, -0.25) is 0 Å². The topological polar surface area (TPSA) is 71.0 Å². The van der Waals surface area contributed by atoms with Crippen molar-refractivity contribution in [1.82, 2.24) is 0 Å². The van der Waals surface area contributed by atoms with Gasteiger partial charge in [0.15, 0.2) is 11.5 Å². The Balaban J connectivity index is 1.75. The van der Waals surface area contributed by atoms with Gasteiger partial charge in [-0.15, -0.1) is 11.3 Å². The Labute approximate surface area is 216 Å². The van der Waals surface area contributed by atoms with Gasteiger partial charge in [0.25, 0.3) is 0 Å². The summed E-state index contributed by atoms with van der Waals surface area (Å²) in [7, 11) is 1.56. The maximum Gasteiger partial charge on any atom is 0.172 e. The number of rotatable bonds is 6. The third-order valence-electron chi connectivity index (χ3n) is 6.85. The van der Waals surface area contributed by atoms with Crippen LogP contribution in [0.5, 0.6) is 17.2 Å². The molecule has 188 valence electrons. The summed E-state index contributed by atoms with van der Waals surface area (Å²) in [6.45, 7) is 8.56. The molecule has 3 N–H and O–H groups in total. The summed E-state index contributed by atoms with van der Waals surface area (Å²) in [5, 5.41) is 27.1. The molecule has 36 heavy (non-hydrogen) atoms. The van der Waals surface area contributed by atoms with Gasteiger partial charge in [0.2, 0.25) is 0 Å². The number of unbranched alkanes of at least 4 members (excludes halogenated alkanes) is 1. The Morgan fingerprint density at radius 3 is 2.69 bits per heavy atom. The number of fused-ring (bicyclic) bond motifs is 5. The van der Waals surface area contributed by atoms with E-state index in [0.29, 0.717) is 17.3 Å². The zero-order chi connectivity index (χ0) is 25.6. The van der Waals surface area contributed by atoms with Crippen LogP contribution in [0.4, 0.5) is 5.69 Å². The van der Waals surface area contributed by atoms with E-state index in [1.165, 1.54) is 0 Å². The van der Waals surface area contributed by atoms with Crippen molar-refractivity contribution in [3.63, 3.8) is 0 Å². The number of anilines is 1. The average Bonchev–Trinajstić information content (AvgIpc) is 3.29. The first-order valence-electron chi connectivity index (χ1n) is 12.4. The highest BCUT2D eigenvalue weighted by molar-refractivity contribution is 7.11. The molecule has 0 fully saturated rings. The van der Waals surface area contributed by atoms with Crippen LogP contribution < -0.4 is 14.8 Å². The van der Waals surface area contributed by atoms with Crippen molar-refractivity contribution >= 4 is 34.4 Å². The molecular formula is C30H33NO4S. The molecule has 0 amide bonds. The van der Waals surface area contributed by atoms with Crippen LogP contribution in [0.15, 0.2) is 41.8 Å². The first-order valence-corrected chi connectivity index (χ1v) is 13.3. The highest BCUT2D eigenvalue weighted by atomic mass is 32.1. The number of benzene rings is 2. The third-order valence-corrected chi connectivity index (χ3v) is 7.73. The Morgan fingerprint density at radius 1 is 1.14 bits per heavy atom. The number of hydrogen-bond acceptors (Lipinski definition) is 6. The summed E-state index contributed by atoms with van der Waals surface area (Å²) in [5.74, 6) is 1.80. The van der Waals surface area contributed by atoms with Gasteiger partial charge < -0.3 is 25.0 Å². The minimum atomic E-state index is -0.510. The SMILES string of the molecule is CCCCC(O)c1ccsc1/C=C1\Oc2ccc(O)c(OC)c2-c2ccc3c(c21)C(C)=CC(C)(C)N3. The largest absolute Gasteiger partial charge is 0.504 e. The molecule has 0 spiro atoms. The van der Waals surface area contributed by atoms with Gasteiger partial charge >= 0.3 is 0 Å². The first kappa shape index (κ1) is 24.5. The first-order chi connectivity index (χ1) is 17.2. The van der Waals surface area contributed by atoms with Gasteiger partial charge in [-0.25, -0.2) is 0 Å². The summed E-state index contributed by atoms with van der Waals surface area (Å²) >= 11 is 1.60. The van der Waals surface area contributed by atoms with Crippen molar-refractivity contribution in [3.05, 3.63) is 63.4 Å². The smallest absolute Gasteiger partial charge is 0.172 e. The number of hydrogen-bond donors (Lipinski definition) is 3. The van der Waals surface area contributed by atoms with E-state index in [-0.39, 0.29) is 11.3 Å². The Kier molecular flexibility index (Phi) is 6.35. The molecule has 0 aliphatic carbocycles. The lowest BCUT2D eigenvalue weighted by molar-refractivity contribution is 0.164. The van der Waals surface area contributed by atoms with Crippen molar-refractivity contribution in [3.8, 4) is 28.4 Å². The summed E-state index contributed by atoms with van der Waals surface area (Å²) in [6.07, 6.45) is 6.51. The van der Waals surface area contributed by atoms with E-state index in [4.69, 9.17) is 9.47 Å². The predicted octanol–water partition coefficient (Wildman–Crippen LogP) is 7.85. The van der Waals surface area contributed by atoms with Gasteiger partial charge in [-0.2, -0.15) is 0 Å². The van der Waals surface area contributed by atoms with Crippen LogP contribution in [-0.4, -0.2) is 22.9 Å². The average molecular weight is 504 g/mol. The predicted molar refractivity (Wildman–Crippen MR) is 149 cm³/mol. The molecule has 1 aromatic heterocycles. The molecule has 1 atom stereocenters. The maximum absolute atomic E-state index is 10.9. The number of nitrogens with one attached hydrogen (secondary N) is 1. The third kappa shape index (κ3) is 4.18. The highest BCUT2D eigenvalue weighted by Gasteiger charge is 2.33. The minimum Gasteiger partial charge on any atom is -0.504 e. The standard InChI is InChI=1S/C30H33NO4S/c1-6-7-8-21(32)18-13-14-36-25(18)15-24-27-19(28-23(35-24)12-11-22(33)29(28)34-5)9-10-20-26(27)17(2)16-30(3,4)31-20/h9-16,21,31-33H,6-8H2,1-5H3/b24-15-. The molecule has 1 unspecified atom stereocenters. The molecule has 0 saturated carbocycles. The summed E-state index contributed by atoms with van der Waals surface area (Å²) in [5.41, 5.74) is 6.62. The zero-order valence-electron chi connectivity index (χ0n) is 21.4. The van der Waals surface area contributed by atoms with Crippen LogP contribution in [-0.2, 0) is 0 Å². The van der Waals surface area contributed by atoms with Crippen LogP contribution in [0.1, 0.15) is 74.6 Å². The second-order valence-corrected chi connectivity index (χ2v) is 11.0. The lowest BCUT2D eigenvalue weighted by Crippen LogP contribution is -2.32. The summed E-state index contributed by atoms with van der Waals surface area (Å²) in [6, 6.07) is 9.54. The van der Waals surface area contributed by atoms with Crippen molar-refractivity contribution in [2.45, 2.75) is 58.6 Å². The molecule has 0 bridgehead atoms. The number of ether oxygens (including phenoxy) is 2. The molecule has 2 aliphatic heterocycles. The molecular weight excluding hydrogens is 470 g/mol. The van der Waals surface area contributed by atoms with Gasteiger partial charge in [0.05, 0.1) is 24.3 Å². The molecule has 3 heterocycles. The Hall–Kier alpha value is -3.22. The van der Waals surface area contributed by atoms with E-state index >= 15 is 0 Å². The van der Waals surface area contributed by atoms with Crippen LogP contribution in [0.25, 0.3) is 28.5 Å². The number of methoxy groups -OCH3 is 1. The van der Waals surface area contributed by atoms with E-state index in [0.717, 1.165) is 63.2 Å². The second kappa shape index (κ2) is 9.34. The molecule has 2 aromatic carbocycles. The maximum atomic E-state index is 10.9. The van der Waals surface area contributed by atoms with Gasteiger partial charge in [-0.1, -0.05) is 31.9 Å². The number of thiophene rings is 1. The number of phenols is 1. The van der Waals surface area contributed by atoms with Crippen LogP contribution in [0.3, 0.4) is 0 Å². The number of aromatic hydroxyl groups is 1. The Bertz CT molecular complexity index is 1380. The van der Waals surface area contributed by atoms with E-state index in [1.807, 2.05) is 17.5 Å². The van der Waals surface area contributed by atoms with E-state index in [2.05, 4.69) is 51.2 Å². The summed E-state index contributed by atoms with van der Waals surface area (Å²) < 4.78 is 12.2. The zero-order valence-corrected chi connectivity index (χ0v) is 22.3. The van der Waals surface area contributed by atoms with Crippen molar-refractivity contribution in [1.29, 1.82) is 0 Å². The van der Waals surface area contributed by atoms with Crippen molar-refractivity contribution in [2.24, 2.45) is 0 Å². The lowest BCUT2D eigenvalue weighted by atomic mass is 9.83. The van der Waals surface area contributed by atoms with Crippen LogP contribution in [0, 0.1) is 0 Å². The molecule has 5 rings (SSSR count). The van der Waals surface area contributed by atoms with Gasteiger partial charge in [-0.05, 0) is 74.1 Å². The minimum absolute atomic E-state index is 0.0714. The highest BCUT2D eigenvalue weighted by Crippen LogP contribution is 2.54. The molecule has 0 saturated heterocycles. The molecule has 3 aromatic rings. The number of aliphatic hydroxyl groups excluding tert-OH is 1. The van der Waals surface area contributed by atoms with Gasteiger partial charge in [0.1, 0.15) is 11.5 Å². The molecule has 5 nitrogen and oxygen atoms in total. The van der Waals surface area contributed by atoms with Crippen molar-refractivity contribution in [2.75, 3.05) is 12.4 Å². The fraction of sp³-hybridized carbons (Fsp3) is 0.333. The van der Waals surface area contributed by atoms with E-state index in [9.17, 15) is 10.2 Å². The van der Waals surface area contributed by atoms with Gasteiger partial charge in [0, 0.05) is 27.3 Å². The molecule has 2 aliphatic rings. The van der Waals surface area contributed by atoms with Crippen LogP contribution >= 0.6 is 11.3 Å². The summed E-state index contributed by atoms with van der Waals surface area (Å²) in [4.78, 5) is 0.983. The quantitative estimate of drug-likeness (QED) is 0.319. The fourth-order valence-corrected chi connectivity index (χ4v) is 6.22. The second-order valence-electron chi connectivity index (χ2n) is 10.1. The number of aliphatic hydroxyl groups is 1.